The van der Waals surface area contributed by atoms with E-state index in [1.54, 1.807) is 0 Å². The van der Waals surface area contributed by atoms with Crippen LogP contribution < -0.4 is 20.6 Å². The highest BCUT2D eigenvalue weighted by atomic mass is 16.3. The molecule has 3 heterocycles. The maximum atomic E-state index is 7.18. The molecule has 0 saturated heterocycles. The van der Waals surface area contributed by atoms with Gasteiger partial charge >= 0.3 is 6.85 Å². The Balaban J connectivity index is 1.13. The van der Waals surface area contributed by atoms with E-state index >= 15 is 0 Å². The highest BCUT2D eigenvalue weighted by molar-refractivity contribution is 6.94. The molecule has 0 atom stereocenters. The Morgan fingerprint density at radius 2 is 0.792 bits per heavy atom. The molecular formula is C68H55BN2O. The summed E-state index contributed by atoms with van der Waals surface area (Å²) in [4.78, 5) is 5.15. The van der Waals surface area contributed by atoms with Crippen LogP contribution in [0.4, 0.5) is 28.4 Å². The zero-order valence-electron chi connectivity index (χ0n) is 42.3. The van der Waals surface area contributed by atoms with Gasteiger partial charge in [-0.05, 0) is 165 Å². The van der Waals surface area contributed by atoms with Crippen molar-refractivity contribution in [3.63, 3.8) is 0 Å². The third-order valence-electron chi connectivity index (χ3n) is 15.0. The van der Waals surface area contributed by atoms with Crippen LogP contribution in [-0.2, 0) is 0 Å². The van der Waals surface area contributed by atoms with E-state index in [0.29, 0.717) is 0 Å². The van der Waals surface area contributed by atoms with Crippen LogP contribution in [0.5, 0.6) is 0 Å². The fourth-order valence-corrected chi connectivity index (χ4v) is 12.3. The first-order valence-corrected chi connectivity index (χ1v) is 25.3. The van der Waals surface area contributed by atoms with Crippen molar-refractivity contribution in [3.8, 4) is 55.6 Å². The van der Waals surface area contributed by atoms with Gasteiger partial charge in [0, 0.05) is 50.3 Å². The quantitative estimate of drug-likeness (QED) is 0.155. The summed E-state index contributed by atoms with van der Waals surface area (Å²) in [6.45, 7) is 17.3. The number of benzene rings is 10. The first-order chi connectivity index (χ1) is 34.9. The van der Waals surface area contributed by atoms with Crippen LogP contribution in [0, 0.1) is 55.4 Å². The lowest BCUT2D eigenvalue weighted by atomic mass is 9.43. The topological polar surface area (TPSA) is 19.6 Å². The summed E-state index contributed by atoms with van der Waals surface area (Å²) in [5, 5.41) is 2.22. The SMILES string of the molecule is Cc1cc(C)cc(-c2ccc(N3B4c5cc(-c6cc(C)cc(C)c6)ccc5N(c5ccc(-c6cc(C)cc(C)c6)cc5)c5cc6c(oc7ccccc76)c(c54)-c4cc(-c5cc(C)cc(C)c5)ccc43)cc2)c1. The highest BCUT2D eigenvalue weighted by Gasteiger charge is 2.47. The Morgan fingerprint density at radius 1 is 0.347 bits per heavy atom. The molecule has 0 aliphatic carbocycles. The normalized spacial score (nSPS) is 12.6. The third kappa shape index (κ3) is 7.27. The third-order valence-corrected chi connectivity index (χ3v) is 15.0. The summed E-state index contributed by atoms with van der Waals surface area (Å²) < 4.78 is 7.18. The molecule has 13 rings (SSSR count). The van der Waals surface area contributed by atoms with Crippen LogP contribution >= 0.6 is 0 Å². The van der Waals surface area contributed by atoms with Gasteiger partial charge in [0.2, 0.25) is 0 Å². The zero-order valence-corrected chi connectivity index (χ0v) is 42.3. The highest BCUT2D eigenvalue weighted by Crippen LogP contribution is 2.52. The predicted molar refractivity (Wildman–Crippen MR) is 307 cm³/mol. The van der Waals surface area contributed by atoms with Crippen LogP contribution in [0.1, 0.15) is 44.5 Å². The molecule has 2 aliphatic heterocycles. The number of hydrogen-bond acceptors (Lipinski definition) is 3. The van der Waals surface area contributed by atoms with Crippen molar-refractivity contribution in [1.29, 1.82) is 0 Å². The van der Waals surface area contributed by atoms with Crippen LogP contribution in [0.2, 0.25) is 0 Å². The van der Waals surface area contributed by atoms with E-state index < -0.39 is 0 Å². The monoisotopic (exact) mass is 926 g/mol. The number of rotatable bonds is 6. The van der Waals surface area contributed by atoms with E-state index in [0.717, 1.165) is 61.5 Å². The average molecular weight is 927 g/mol. The second kappa shape index (κ2) is 16.6. The number of hydrogen-bond donors (Lipinski definition) is 0. The van der Waals surface area contributed by atoms with Gasteiger partial charge in [-0.15, -0.1) is 0 Å². The average Bonchev–Trinajstić information content (AvgIpc) is 3.73. The molecule has 0 unspecified atom stereocenters. The smallest absolute Gasteiger partial charge is 0.333 e. The van der Waals surface area contributed by atoms with Crippen molar-refractivity contribution in [2.24, 2.45) is 0 Å². The summed E-state index contributed by atoms with van der Waals surface area (Å²) >= 11 is 0. The zero-order chi connectivity index (χ0) is 49.1. The van der Waals surface area contributed by atoms with E-state index in [1.165, 1.54) is 99.9 Å². The molecule has 11 aromatic rings. The molecule has 72 heavy (non-hydrogen) atoms. The standard InChI is InChI=1S/C68H55BN2O/c1-40-25-41(2)30-52(29-40)48-13-19-56(20-14-48)70-63-24-18-51(55-35-46(7)28-47(8)36-55)38-61(63)69-67-64(70)39-59-58-11-9-10-12-65(58)72-68(59)66(67)60-37-50(54-33-44(5)27-45(6)34-54)17-23-62(60)71(69)57-21-15-49(16-22-57)53-31-42(3)26-43(4)32-53/h9-39H,1-8H3. The molecule has 0 amide bonds. The Bertz CT molecular complexity index is 3950. The number of aryl methyl sites for hydroxylation is 8. The molecule has 10 aromatic carbocycles. The lowest BCUT2D eigenvalue weighted by Crippen LogP contribution is -2.61. The van der Waals surface area contributed by atoms with Gasteiger partial charge in [0.1, 0.15) is 11.2 Å². The van der Waals surface area contributed by atoms with E-state index in [4.69, 9.17) is 4.42 Å². The van der Waals surface area contributed by atoms with Crippen molar-refractivity contribution in [1.82, 2.24) is 0 Å². The van der Waals surface area contributed by atoms with Gasteiger partial charge in [-0.25, -0.2) is 0 Å². The van der Waals surface area contributed by atoms with E-state index in [1.807, 2.05) is 0 Å². The number of para-hydroxylation sites is 1. The van der Waals surface area contributed by atoms with Crippen molar-refractivity contribution in [3.05, 3.63) is 233 Å². The predicted octanol–water partition coefficient (Wildman–Crippen LogP) is 17.4. The molecule has 346 valence electrons. The largest absolute Gasteiger partial charge is 0.455 e. The van der Waals surface area contributed by atoms with Gasteiger partial charge in [0.15, 0.2) is 0 Å². The molecule has 0 N–H and O–H groups in total. The van der Waals surface area contributed by atoms with E-state index in [-0.39, 0.29) is 6.85 Å². The summed E-state index contributed by atoms with van der Waals surface area (Å²) in [5.41, 5.74) is 32.0. The fraction of sp³-hybridized carbons (Fsp3) is 0.118. The number of nitrogens with zero attached hydrogens (tertiary/aromatic N) is 2. The first-order valence-electron chi connectivity index (χ1n) is 25.3. The molecule has 0 radical (unpaired) electrons. The van der Waals surface area contributed by atoms with Gasteiger partial charge < -0.3 is 14.1 Å². The molecule has 4 heteroatoms. The van der Waals surface area contributed by atoms with Crippen LogP contribution in [-0.4, -0.2) is 6.85 Å². The molecule has 2 aliphatic rings. The molecular weight excluding hydrogens is 872 g/mol. The molecule has 3 nitrogen and oxygen atoms in total. The lowest BCUT2D eigenvalue weighted by molar-refractivity contribution is 0.670. The Kier molecular flexibility index (Phi) is 10.1. The second-order valence-corrected chi connectivity index (χ2v) is 20.9. The summed E-state index contributed by atoms with van der Waals surface area (Å²) in [5.74, 6) is 0. The lowest BCUT2D eigenvalue weighted by Gasteiger charge is -2.46. The Morgan fingerprint density at radius 3 is 1.32 bits per heavy atom. The summed E-state index contributed by atoms with van der Waals surface area (Å²) in [6, 6.07) is 71.3. The van der Waals surface area contributed by atoms with Crippen molar-refractivity contribution in [2.75, 3.05) is 9.71 Å². The molecule has 0 saturated carbocycles. The van der Waals surface area contributed by atoms with Crippen LogP contribution in [0.15, 0.2) is 192 Å². The second-order valence-electron chi connectivity index (χ2n) is 20.9. The Hall–Kier alpha value is -8.34. The molecule has 1 aromatic heterocycles. The molecule has 0 spiro atoms. The van der Waals surface area contributed by atoms with E-state index in [9.17, 15) is 0 Å². The maximum absolute atomic E-state index is 7.18. The minimum atomic E-state index is -0.217. The van der Waals surface area contributed by atoms with Crippen molar-refractivity contribution in [2.45, 2.75) is 55.4 Å². The summed E-state index contributed by atoms with van der Waals surface area (Å²) in [7, 11) is 0. The van der Waals surface area contributed by atoms with Crippen molar-refractivity contribution >= 4 is 68.1 Å². The van der Waals surface area contributed by atoms with Crippen LogP contribution in [0.3, 0.4) is 0 Å². The minimum Gasteiger partial charge on any atom is -0.455 e. The van der Waals surface area contributed by atoms with Crippen LogP contribution in [0.25, 0.3) is 77.6 Å². The van der Waals surface area contributed by atoms with Crippen molar-refractivity contribution < 1.29 is 4.42 Å². The minimum absolute atomic E-state index is 0.217. The van der Waals surface area contributed by atoms with Gasteiger partial charge in [0.25, 0.3) is 0 Å². The Labute approximate surface area is 423 Å². The first kappa shape index (κ1) is 43.7. The van der Waals surface area contributed by atoms with E-state index in [2.05, 4.69) is 253 Å². The molecule has 0 bridgehead atoms. The van der Waals surface area contributed by atoms with Gasteiger partial charge in [0.05, 0.1) is 0 Å². The van der Waals surface area contributed by atoms with Gasteiger partial charge in [-0.3, -0.25) is 0 Å². The maximum Gasteiger partial charge on any atom is 0.333 e. The number of anilines is 5. The number of fused-ring (bicyclic) bond motifs is 8. The number of furan rings is 1. The van der Waals surface area contributed by atoms with Gasteiger partial charge in [-0.1, -0.05) is 178 Å². The molecule has 0 fully saturated rings. The van der Waals surface area contributed by atoms with Gasteiger partial charge in [-0.2, -0.15) is 0 Å². The summed E-state index contributed by atoms with van der Waals surface area (Å²) in [6.07, 6.45) is 0. The fourth-order valence-electron chi connectivity index (χ4n) is 12.3.